The molecule has 2 nitrogen and oxygen atoms in total. The molecule has 1 saturated heterocycles. The number of nitrogens with one attached hydrogen (secondary N) is 1. The largest absolute Gasteiger partial charge is 0.255 e. The minimum atomic E-state index is 0.780. The maximum atomic E-state index is 3.64. The van der Waals surface area contributed by atoms with Crippen LogP contribution in [0.1, 0.15) is 46.0 Å². The van der Waals surface area contributed by atoms with Gasteiger partial charge in [0.15, 0.2) is 0 Å². The highest BCUT2D eigenvalue weighted by atomic mass is 15.5. The molecule has 92 valence electrons. The van der Waals surface area contributed by atoms with E-state index >= 15 is 0 Å². The molecule has 1 aliphatic carbocycles. The minimum Gasteiger partial charge on any atom is -0.255 e. The number of nitrogens with zero attached hydrogens (tertiary/aromatic N) is 1. The van der Waals surface area contributed by atoms with Gasteiger partial charge in [-0.1, -0.05) is 25.0 Å². The van der Waals surface area contributed by atoms with Crippen molar-refractivity contribution < 1.29 is 0 Å². The van der Waals surface area contributed by atoms with Crippen molar-refractivity contribution in [3.05, 3.63) is 11.6 Å². The Kier molecular flexibility index (Phi) is 4.42. The Hall–Kier alpha value is -0.340. The topological polar surface area (TPSA) is 15.3 Å². The van der Waals surface area contributed by atoms with Crippen molar-refractivity contribution in [2.24, 2.45) is 11.8 Å². The van der Waals surface area contributed by atoms with Crippen LogP contribution in [-0.4, -0.2) is 24.6 Å². The Balaban J connectivity index is 1.71. The van der Waals surface area contributed by atoms with Gasteiger partial charge in [-0.25, -0.2) is 5.01 Å². The standard InChI is InChI=1S/C14H26N2/c1-12-8-13(2)10-14(9-12)11-15-16-6-4-3-5-7-16/h8,12,14-15H,3-7,9-11H2,1-2H3. The van der Waals surface area contributed by atoms with Crippen LogP contribution in [0.15, 0.2) is 11.6 Å². The molecule has 0 amide bonds. The quantitative estimate of drug-likeness (QED) is 0.739. The number of hydrogen-bond acceptors (Lipinski definition) is 2. The van der Waals surface area contributed by atoms with Crippen molar-refractivity contribution in [3.8, 4) is 0 Å². The van der Waals surface area contributed by atoms with Gasteiger partial charge in [0.25, 0.3) is 0 Å². The number of hydrazine groups is 1. The molecule has 0 aromatic rings. The highest BCUT2D eigenvalue weighted by Gasteiger charge is 2.19. The van der Waals surface area contributed by atoms with Gasteiger partial charge in [-0.05, 0) is 44.4 Å². The second-order valence-corrected chi connectivity index (χ2v) is 5.71. The third-order valence-corrected chi connectivity index (χ3v) is 3.84. The van der Waals surface area contributed by atoms with E-state index in [4.69, 9.17) is 0 Å². The fourth-order valence-electron chi connectivity index (χ4n) is 3.15. The molecule has 1 aliphatic heterocycles. The first-order valence-corrected chi connectivity index (χ1v) is 6.90. The van der Waals surface area contributed by atoms with E-state index in [1.807, 2.05) is 0 Å². The Morgan fingerprint density at radius 1 is 1.31 bits per heavy atom. The fraction of sp³-hybridized carbons (Fsp3) is 0.857. The maximum absolute atomic E-state index is 3.64. The zero-order valence-corrected chi connectivity index (χ0v) is 10.8. The molecular weight excluding hydrogens is 196 g/mol. The van der Waals surface area contributed by atoms with Crippen LogP contribution in [-0.2, 0) is 0 Å². The Bertz CT molecular complexity index is 241. The molecule has 1 N–H and O–H groups in total. The molecule has 1 fully saturated rings. The van der Waals surface area contributed by atoms with Gasteiger partial charge in [-0.15, -0.1) is 0 Å². The molecule has 0 bridgehead atoms. The lowest BCUT2D eigenvalue weighted by molar-refractivity contribution is 0.139. The van der Waals surface area contributed by atoms with Gasteiger partial charge in [-0.3, -0.25) is 5.43 Å². The molecule has 2 atom stereocenters. The van der Waals surface area contributed by atoms with E-state index in [2.05, 4.69) is 30.4 Å². The van der Waals surface area contributed by atoms with Gasteiger partial charge >= 0.3 is 0 Å². The van der Waals surface area contributed by atoms with Crippen LogP contribution in [0.4, 0.5) is 0 Å². The number of rotatable bonds is 3. The molecular formula is C14H26N2. The molecule has 0 aromatic heterocycles. The van der Waals surface area contributed by atoms with Gasteiger partial charge in [0.1, 0.15) is 0 Å². The summed E-state index contributed by atoms with van der Waals surface area (Å²) in [6.07, 6.45) is 9.25. The predicted octanol–water partition coefficient (Wildman–Crippen LogP) is 2.97. The zero-order chi connectivity index (χ0) is 11.4. The first kappa shape index (κ1) is 12.1. The molecule has 1 heterocycles. The molecule has 0 spiro atoms. The number of piperidine rings is 1. The smallest absolute Gasteiger partial charge is 0.0134 e. The Labute approximate surface area is 100 Å². The maximum Gasteiger partial charge on any atom is 0.0134 e. The third-order valence-electron chi connectivity index (χ3n) is 3.84. The van der Waals surface area contributed by atoms with Crippen molar-refractivity contribution in [1.82, 2.24) is 10.4 Å². The fourth-order valence-corrected chi connectivity index (χ4v) is 3.15. The minimum absolute atomic E-state index is 0.780. The monoisotopic (exact) mass is 222 g/mol. The second-order valence-electron chi connectivity index (χ2n) is 5.71. The highest BCUT2D eigenvalue weighted by Crippen LogP contribution is 2.27. The molecule has 2 aliphatic rings. The van der Waals surface area contributed by atoms with E-state index < -0.39 is 0 Å². The van der Waals surface area contributed by atoms with Crippen LogP contribution in [0.5, 0.6) is 0 Å². The van der Waals surface area contributed by atoms with Gasteiger partial charge < -0.3 is 0 Å². The molecule has 16 heavy (non-hydrogen) atoms. The molecule has 2 unspecified atom stereocenters. The van der Waals surface area contributed by atoms with Gasteiger partial charge in [0, 0.05) is 19.6 Å². The first-order chi connectivity index (χ1) is 7.74. The van der Waals surface area contributed by atoms with E-state index in [1.54, 1.807) is 5.57 Å². The Morgan fingerprint density at radius 2 is 2.06 bits per heavy atom. The van der Waals surface area contributed by atoms with Crippen LogP contribution >= 0.6 is 0 Å². The van der Waals surface area contributed by atoms with Crippen molar-refractivity contribution in [2.75, 3.05) is 19.6 Å². The summed E-state index contributed by atoms with van der Waals surface area (Å²) in [7, 11) is 0. The van der Waals surface area contributed by atoms with Crippen molar-refractivity contribution in [3.63, 3.8) is 0 Å². The summed E-state index contributed by atoms with van der Waals surface area (Å²) in [5, 5.41) is 2.43. The van der Waals surface area contributed by atoms with Crippen LogP contribution in [0, 0.1) is 11.8 Å². The molecule has 2 heteroatoms. The predicted molar refractivity (Wildman–Crippen MR) is 69.1 cm³/mol. The highest BCUT2D eigenvalue weighted by molar-refractivity contribution is 5.06. The van der Waals surface area contributed by atoms with Gasteiger partial charge in [-0.2, -0.15) is 0 Å². The van der Waals surface area contributed by atoms with E-state index in [1.165, 1.54) is 51.7 Å². The molecule has 0 radical (unpaired) electrons. The summed E-state index contributed by atoms with van der Waals surface area (Å²) in [4.78, 5) is 0. The van der Waals surface area contributed by atoms with E-state index in [-0.39, 0.29) is 0 Å². The summed E-state index contributed by atoms with van der Waals surface area (Å²) in [6.45, 7) is 8.30. The SMILES string of the molecule is CC1=CC(C)CC(CNN2CCCCC2)C1. The van der Waals surface area contributed by atoms with E-state index in [0.717, 1.165) is 11.8 Å². The normalized spacial score (nSPS) is 32.5. The first-order valence-electron chi connectivity index (χ1n) is 6.90. The third kappa shape index (κ3) is 3.60. The number of allylic oxidation sites excluding steroid dienone is 2. The van der Waals surface area contributed by atoms with Crippen LogP contribution < -0.4 is 5.43 Å². The van der Waals surface area contributed by atoms with Gasteiger partial charge in [0.2, 0.25) is 0 Å². The lowest BCUT2D eigenvalue weighted by Gasteiger charge is -2.31. The van der Waals surface area contributed by atoms with E-state index in [0.29, 0.717) is 0 Å². The zero-order valence-electron chi connectivity index (χ0n) is 10.8. The summed E-state index contributed by atoms with van der Waals surface area (Å²) in [5.74, 6) is 1.63. The van der Waals surface area contributed by atoms with Crippen LogP contribution in [0.3, 0.4) is 0 Å². The summed E-state index contributed by atoms with van der Waals surface area (Å²) in [5.41, 5.74) is 5.23. The summed E-state index contributed by atoms with van der Waals surface area (Å²) >= 11 is 0. The average Bonchev–Trinajstić information content (AvgIpc) is 2.27. The van der Waals surface area contributed by atoms with Crippen LogP contribution in [0.25, 0.3) is 0 Å². The molecule has 0 aromatic carbocycles. The number of hydrogen-bond donors (Lipinski definition) is 1. The van der Waals surface area contributed by atoms with Crippen molar-refractivity contribution in [1.29, 1.82) is 0 Å². The summed E-state index contributed by atoms with van der Waals surface area (Å²) in [6, 6.07) is 0. The molecule has 2 rings (SSSR count). The van der Waals surface area contributed by atoms with Crippen molar-refractivity contribution >= 4 is 0 Å². The lowest BCUT2D eigenvalue weighted by atomic mass is 9.84. The van der Waals surface area contributed by atoms with Crippen molar-refractivity contribution in [2.45, 2.75) is 46.0 Å². The lowest BCUT2D eigenvalue weighted by Crippen LogP contribution is -2.44. The Morgan fingerprint density at radius 3 is 2.75 bits per heavy atom. The average molecular weight is 222 g/mol. The molecule has 0 saturated carbocycles. The van der Waals surface area contributed by atoms with E-state index in [9.17, 15) is 0 Å². The summed E-state index contributed by atoms with van der Waals surface area (Å²) < 4.78 is 0. The van der Waals surface area contributed by atoms with Crippen LogP contribution in [0.2, 0.25) is 0 Å². The second kappa shape index (κ2) is 5.83. The van der Waals surface area contributed by atoms with Gasteiger partial charge in [0.05, 0.1) is 0 Å².